The maximum absolute atomic E-state index is 8.68. The van der Waals surface area contributed by atoms with Crippen LogP contribution in [-0.2, 0) is 4.74 Å². The van der Waals surface area contributed by atoms with E-state index in [1.807, 2.05) is 19.1 Å². The summed E-state index contributed by atoms with van der Waals surface area (Å²) < 4.78 is 5.60. The zero-order chi connectivity index (χ0) is 14.0. The molecule has 0 saturated carbocycles. The number of halogens is 1. The number of oxime groups is 1. The molecule has 3 N–H and O–H groups in total. The van der Waals surface area contributed by atoms with E-state index in [1.165, 1.54) is 0 Å². The van der Waals surface area contributed by atoms with Gasteiger partial charge in [0.25, 0.3) is 0 Å². The second-order valence-corrected chi connectivity index (χ2v) is 5.20. The van der Waals surface area contributed by atoms with Gasteiger partial charge in [-0.25, -0.2) is 0 Å². The van der Waals surface area contributed by atoms with Crippen LogP contribution in [0.3, 0.4) is 0 Å². The van der Waals surface area contributed by atoms with E-state index in [2.05, 4.69) is 17.0 Å². The SMILES string of the molecule is CC1CN(c2ccc(C(N)=NO)c(Cl)c2)C(C)CO1. The Morgan fingerprint density at radius 2 is 2.26 bits per heavy atom. The third kappa shape index (κ3) is 2.93. The highest BCUT2D eigenvalue weighted by Crippen LogP contribution is 2.27. The molecular weight excluding hydrogens is 266 g/mol. The first-order valence-corrected chi connectivity index (χ1v) is 6.56. The Balaban J connectivity index is 2.28. The Kier molecular flexibility index (Phi) is 4.17. The molecule has 0 aromatic heterocycles. The molecule has 1 aliphatic rings. The van der Waals surface area contributed by atoms with Crippen molar-refractivity contribution >= 4 is 23.1 Å². The Morgan fingerprint density at radius 3 is 2.89 bits per heavy atom. The summed E-state index contributed by atoms with van der Waals surface area (Å²) in [6.45, 7) is 5.67. The van der Waals surface area contributed by atoms with E-state index in [0.29, 0.717) is 23.2 Å². The number of morpholine rings is 1. The molecule has 6 heteroatoms. The van der Waals surface area contributed by atoms with Crippen molar-refractivity contribution in [3.63, 3.8) is 0 Å². The summed E-state index contributed by atoms with van der Waals surface area (Å²) in [5.41, 5.74) is 7.10. The summed E-state index contributed by atoms with van der Waals surface area (Å²) in [5.74, 6) is 0.0138. The average molecular weight is 284 g/mol. The number of amidine groups is 1. The van der Waals surface area contributed by atoms with Crippen molar-refractivity contribution in [3.8, 4) is 0 Å². The number of hydrogen-bond acceptors (Lipinski definition) is 4. The van der Waals surface area contributed by atoms with Crippen LogP contribution >= 0.6 is 11.6 Å². The van der Waals surface area contributed by atoms with Crippen LogP contribution in [0.25, 0.3) is 0 Å². The highest BCUT2D eigenvalue weighted by atomic mass is 35.5. The van der Waals surface area contributed by atoms with E-state index in [4.69, 9.17) is 27.3 Å². The van der Waals surface area contributed by atoms with Gasteiger partial charge >= 0.3 is 0 Å². The van der Waals surface area contributed by atoms with Gasteiger partial charge in [0.1, 0.15) is 0 Å². The summed E-state index contributed by atoms with van der Waals surface area (Å²) >= 11 is 6.18. The van der Waals surface area contributed by atoms with Crippen molar-refractivity contribution in [2.45, 2.75) is 26.0 Å². The van der Waals surface area contributed by atoms with Gasteiger partial charge in [0, 0.05) is 23.8 Å². The third-order valence-electron chi connectivity index (χ3n) is 3.28. The van der Waals surface area contributed by atoms with Crippen LogP contribution in [0.5, 0.6) is 0 Å². The lowest BCUT2D eigenvalue weighted by atomic mass is 10.1. The van der Waals surface area contributed by atoms with Crippen LogP contribution in [-0.4, -0.2) is 36.3 Å². The smallest absolute Gasteiger partial charge is 0.171 e. The first kappa shape index (κ1) is 14.0. The first-order valence-electron chi connectivity index (χ1n) is 6.18. The fourth-order valence-electron chi connectivity index (χ4n) is 2.21. The Hall–Kier alpha value is -1.46. The van der Waals surface area contributed by atoms with Gasteiger partial charge in [0.2, 0.25) is 0 Å². The summed E-state index contributed by atoms with van der Waals surface area (Å²) in [6.07, 6.45) is 0.193. The molecule has 0 radical (unpaired) electrons. The van der Waals surface area contributed by atoms with Crippen molar-refractivity contribution in [2.24, 2.45) is 10.9 Å². The number of benzene rings is 1. The maximum Gasteiger partial charge on any atom is 0.171 e. The number of hydrogen-bond donors (Lipinski definition) is 2. The summed E-state index contributed by atoms with van der Waals surface area (Å²) in [5, 5.41) is 12.1. The Morgan fingerprint density at radius 1 is 1.53 bits per heavy atom. The monoisotopic (exact) mass is 283 g/mol. The highest BCUT2D eigenvalue weighted by molar-refractivity contribution is 6.34. The van der Waals surface area contributed by atoms with Gasteiger partial charge < -0.3 is 20.6 Å². The summed E-state index contributed by atoms with van der Waals surface area (Å²) in [6, 6.07) is 5.82. The largest absolute Gasteiger partial charge is 0.409 e. The molecule has 1 aliphatic heterocycles. The van der Waals surface area contributed by atoms with E-state index >= 15 is 0 Å². The van der Waals surface area contributed by atoms with Crippen LogP contribution in [0.1, 0.15) is 19.4 Å². The highest BCUT2D eigenvalue weighted by Gasteiger charge is 2.24. The molecule has 2 rings (SSSR count). The fourth-order valence-corrected chi connectivity index (χ4v) is 2.48. The predicted molar refractivity (Wildman–Crippen MR) is 76.2 cm³/mol. The normalized spacial score (nSPS) is 24.6. The van der Waals surface area contributed by atoms with Crippen molar-refractivity contribution in [1.82, 2.24) is 0 Å². The molecule has 1 heterocycles. The lowest BCUT2D eigenvalue weighted by molar-refractivity contribution is 0.0344. The zero-order valence-corrected chi connectivity index (χ0v) is 11.8. The van der Waals surface area contributed by atoms with Gasteiger partial charge in [-0.2, -0.15) is 0 Å². The van der Waals surface area contributed by atoms with Gasteiger partial charge in [-0.15, -0.1) is 0 Å². The zero-order valence-electron chi connectivity index (χ0n) is 11.0. The van der Waals surface area contributed by atoms with Crippen molar-refractivity contribution in [2.75, 3.05) is 18.1 Å². The molecule has 0 aliphatic carbocycles. The molecule has 19 heavy (non-hydrogen) atoms. The predicted octanol–water partition coefficient (Wildman–Crippen LogP) is 2.05. The Bertz CT molecular complexity index is 493. The van der Waals surface area contributed by atoms with E-state index < -0.39 is 0 Å². The average Bonchev–Trinajstić information content (AvgIpc) is 2.40. The van der Waals surface area contributed by atoms with Crippen LogP contribution in [0.2, 0.25) is 5.02 Å². The topological polar surface area (TPSA) is 71.1 Å². The number of anilines is 1. The summed E-state index contributed by atoms with van der Waals surface area (Å²) in [4.78, 5) is 2.25. The molecule has 1 fully saturated rings. The number of rotatable bonds is 2. The minimum Gasteiger partial charge on any atom is -0.409 e. The molecule has 2 unspecified atom stereocenters. The molecule has 0 bridgehead atoms. The lowest BCUT2D eigenvalue weighted by Gasteiger charge is -2.38. The molecular formula is C13H18ClN3O2. The molecule has 0 spiro atoms. The van der Waals surface area contributed by atoms with E-state index in [0.717, 1.165) is 12.2 Å². The van der Waals surface area contributed by atoms with Crippen LogP contribution in [0.4, 0.5) is 5.69 Å². The molecule has 0 amide bonds. The third-order valence-corrected chi connectivity index (χ3v) is 3.59. The second kappa shape index (κ2) is 5.67. The van der Waals surface area contributed by atoms with Gasteiger partial charge in [0.15, 0.2) is 5.84 Å². The Labute approximate surface area is 117 Å². The van der Waals surface area contributed by atoms with Crippen molar-refractivity contribution < 1.29 is 9.94 Å². The quantitative estimate of drug-likeness (QED) is 0.377. The molecule has 1 saturated heterocycles. The molecule has 104 valence electrons. The summed E-state index contributed by atoms with van der Waals surface area (Å²) in [7, 11) is 0. The minimum absolute atomic E-state index is 0.0138. The standard InChI is InChI=1S/C13H18ClN3O2/c1-8-7-19-9(2)6-17(8)10-3-4-11(12(14)5-10)13(15)16-18/h3-5,8-9,18H,6-7H2,1-2H3,(H2,15,16). The second-order valence-electron chi connectivity index (χ2n) is 4.79. The van der Waals surface area contributed by atoms with Crippen molar-refractivity contribution in [3.05, 3.63) is 28.8 Å². The van der Waals surface area contributed by atoms with Gasteiger partial charge in [-0.3, -0.25) is 0 Å². The molecule has 1 aromatic carbocycles. The van der Waals surface area contributed by atoms with Crippen molar-refractivity contribution in [1.29, 1.82) is 0 Å². The van der Waals surface area contributed by atoms with E-state index in [-0.39, 0.29) is 11.9 Å². The van der Waals surface area contributed by atoms with E-state index in [9.17, 15) is 0 Å². The van der Waals surface area contributed by atoms with Crippen LogP contribution in [0.15, 0.2) is 23.4 Å². The molecule has 1 aromatic rings. The van der Waals surface area contributed by atoms with E-state index in [1.54, 1.807) is 6.07 Å². The maximum atomic E-state index is 8.68. The lowest BCUT2D eigenvalue weighted by Crippen LogP contribution is -2.47. The number of ether oxygens (including phenoxy) is 1. The molecule has 5 nitrogen and oxygen atoms in total. The number of nitrogens with two attached hydrogens (primary N) is 1. The number of nitrogens with zero attached hydrogens (tertiary/aromatic N) is 2. The minimum atomic E-state index is 0.0138. The van der Waals surface area contributed by atoms with Gasteiger partial charge in [0.05, 0.1) is 17.7 Å². The van der Waals surface area contributed by atoms with Gasteiger partial charge in [-0.05, 0) is 32.0 Å². The fraction of sp³-hybridized carbons (Fsp3) is 0.462. The molecule has 2 atom stereocenters. The van der Waals surface area contributed by atoms with Crippen LogP contribution in [0, 0.1) is 0 Å². The van der Waals surface area contributed by atoms with Gasteiger partial charge in [-0.1, -0.05) is 16.8 Å². The van der Waals surface area contributed by atoms with Crippen LogP contribution < -0.4 is 10.6 Å². The first-order chi connectivity index (χ1) is 9.02.